The smallest absolute Gasteiger partial charge is 0.351 e. The second kappa shape index (κ2) is 4.27. The van der Waals surface area contributed by atoms with Crippen LogP contribution in [0.4, 0.5) is 13.2 Å². The van der Waals surface area contributed by atoms with Gasteiger partial charge in [0.1, 0.15) is 5.69 Å². The predicted octanol–water partition coefficient (Wildman–Crippen LogP) is 3.75. The van der Waals surface area contributed by atoms with Crippen molar-refractivity contribution in [2.45, 2.75) is 38.5 Å². The Balaban J connectivity index is 2.10. The molecule has 0 aliphatic heterocycles. The number of aromatic amines is 1. The number of hydrogen-bond acceptors (Lipinski definition) is 1. The standard InChI is InChI=1S/C14H15F3N2/c1-8-3-2-4-10-11(7-18-9-5-6-9)13(14(15,16)17)19-12(8)10/h2-4,9,18-19H,5-7H2,1H3. The minimum absolute atomic E-state index is 0.267. The van der Waals surface area contributed by atoms with E-state index in [1.54, 1.807) is 12.1 Å². The van der Waals surface area contributed by atoms with E-state index in [-0.39, 0.29) is 6.54 Å². The van der Waals surface area contributed by atoms with Crippen molar-refractivity contribution in [2.75, 3.05) is 0 Å². The first-order chi connectivity index (χ1) is 8.97. The third-order valence-electron chi connectivity index (χ3n) is 3.58. The van der Waals surface area contributed by atoms with Crippen LogP contribution in [0.15, 0.2) is 18.2 Å². The molecule has 0 bridgehead atoms. The van der Waals surface area contributed by atoms with Crippen LogP contribution in [0, 0.1) is 6.92 Å². The highest BCUT2D eigenvalue weighted by atomic mass is 19.4. The number of aryl methyl sites for hydroxylation is 1. The lowest BCUT2D eigenvalue weighted by Gasteiger charge is -2.09. The summed E-state index contributed by atoms with van der Waals surface area (Å²) in [7, 11) is 0. The Kier molecular flexibility index (Phi) is 2.82. The predicted molar refractivity (Wildman–Crippen MR) is 67.9 cm³/mol. The molecule has 1 saturated carbocycles. The summed E-state index contributed by atoms with van der Waals surface area (Å²) < 4.78 is 39.3. The summed E-state index contributed by atoms with van der Waals surface area (Å²) in [6.07, 6.45) is -2.22. The average molecular weight is 268 g/mol. The molecule has 0 radical (unpaired) electrons. The molecule has 0 unspecified atom stereocenters. The van der Waals surface area contributed by atoms with Crippen molar-refractivity contribution in [1.82, 2.24) is 10.3 Å². The number of nitrogens with one attached hydrogen (secondary N) is 2. The number of alkyl halides is 3. The number of benzene rings is 1. The lowest BCUT2D eigenvalue weighted by molar-refractivity contribution is -0.141. The summed E-state index contributed by atoms with van der Waals surface area (Å²) in [4.78, 5) is 2.55. The quantitative estimate of drug-likeness (QED) is 0.871. The topological polar surface area (TPSA) is 27.8 Å². The first-order valence-electron chi connectivity index (χ1n) is 6.37. The molecule has 0 spiro atoms. The van der Waals surface area contributed by atoms with Crippen LogP contribution in [0.5, 0.6) is 0 Å². The maximum Gasteiger partial charge on any atom is 0.431 e. The maximum atomic E-state index is 13.1. The lowest BCUT2D eigenvalue weighted by atomic mass is 10.1. The van der Waals surface area contributed by atoms with Gasteiger partial charge in [-0.1, -0.05) is 18.2 Å². The minimum Gasteiger partial charge on any atom is -0.351 e. The SMILES string of the molecule is Cc1cccc2c(CNC3CC3)c(C(F)(F)F)[nH]c12. The van der Waals surface area contributed by atoms with E-state index in [2.05, 4.69) is 10.3 Å². The van der Waals surface area contributed by atoms with E-state index in [0.717, 1.165) is 18.4 Å². The van der Waals surface area contributed by atoms with Crippen LogP contribution in [0.2, 0.25) is 0 Å². The Bertz CT molecular complexity index is 609. The molecule has 2 N–H and O–H groups in total. The van der Waals surface area contributed by atoms with E-state index in [9.17, 15) is 13.2 Å². The highest BCUT2D eigenvalue weighted by Crippen LogP contribution is 2.36. The van der Waals surface area contributed by atoms with Crippen LogP contribution in [-0.2, 0) is 12.7 Å². The van der Waals surface area contributed by atoms with E-state index >= 15 is 0 Å². The first-order valence-corrected chi connectivity index (χ1v) is 6.37. The van der Waals surface area contributed by atoms with Crippen LogP contribution < -0.4 is 5.32 Å². The molecule has 0 amide bonds. The third kappa shape index (κ3) is 2.34. The van der Waals surface area contributed by atoms with Crippen molar-refractivity contribution < 1.29 is 13.2 Å². The zero-order valence-electron chi connectivity index (χ0n) is 10.6. The molecule has 2 aromatic rings. The van der Waals surface area contributed by atoms with Crippen LogP contribution in [0.25, 0.3) is 10.9 Å². The van der Waals surface area contributed by atoms with Gasteiger partial charge in [-0.15, -0.1) is 0 Å². The van der Waals surface area contributed by atoms with Crippen molar-refractivity contribution in [2.24, 2.45) is 0 Å². The number of H-pyrrole nitrogens is 1. The fourth-order valence-electron chi connectivity index (χ4n) is 2.38. The lowest BCUT2D eigenvalue weighted by Crippen LogP contribution is -2.18. The number of halogens is 3. The molecule has 1 fully saturated rings. The summed E-state index contributed by atoms with van der Waals surface area (Å²) in [5.74, 6) is 0. The average Bonchev–Trinajstić information content (AvgIpc) is 3.06. The normalized spacial score (nSPS) is 16.2. The minimum atomic E-state index is -4.34. The molecule has 19 heavy (non-hydrogen) atoms. The molecule has 1 aliphatic carbocycles. The monoisotopic (exact) mass is 268 g/mol. The van der Waals surface area contributed by atoms with Crippen molar-refractivity contribution >= 4 is 10.9 Å². The summed E-state index contributed by atoms with van der Waals surface area (Å²) in [5, 5.41) is 3.83. The molecule has 3 rings (SSSR count). The molecule has 5 heteroatoms. The zero-order valence-corrected chi connectivity index (χ0v) is 10.6. The van der Waals surface area contributed by atoms with Crippen molar-refractivity contribution in [1.29, 1.82) is 0 Å². The van der Waals surface area contributed by atoms with Crippen LogP contribution in [0.1, 0.15) is 29.7 Å². The number of aromatic nitrogens is 1. The Hall–Kier alpha value is -1.49. The van der Waals surface area contributed by atoms with Crippen molar-refractivity contribution in [3.63, 3.8) is 0 Å². The Labute approximate surface area is 109 Å². The van der Waals surface area contributed by atoms with E-state index in [0.29, 0.717) is 22.5 Å². The van der Waals surface area contributed by atoms with Gasteiger partial charge in [0, 0.05) is 29.1 Å². The van der Waals surface area contributed by atoms with Gasteiger partial charge in [0.2, 0.25) is 0 Å². The highest BCUT2D eigenvalue weighted by Gasteiger charge is 2.36. The summed E-state index contributed by atoms with van der Waals surface area (Å²) in [6, 6.07) is 5.75. The molecule has 1 aromatic carbocycles. The van der Waals surface area contributed by atoms with E-state index in [4.69, 9.17) is 0 Å². The van der Waals surface area contributed by atoms with E-state index in [1.165, 1.54) is 0 Å². The number of para-hydroxylation sites is 1. The van der Waals surface area contributed by atoms with Gasteiger partial charge < -0.3 is 10.3 Å². The number of hydrogen-bond donors (Lipinski definition) is 2. The van der Waals surface area contributed by atoms with Gasteiger partial charge in [-0.2, -0.15) is 13.2 Å². The fourth-order valence-corrected chi connectivity index (χ4v) is 2.38. The summed E-state index contributed by atoms with van der Waals surface area (Å²) in [6.45, 7) is 2.08. The fraction of sp³-hybridized carbons (Fsp3) is 0.429. The number of fused-ring (bicyclic) bond motifs is 1. The van der Waals surface area contributed by atoms with Gasteiger partial charge in [-0.3, -0.25) is 0 Å². The van der Waals surface area contributed by atoms with Crippen molar-refractivity contribution in [3.8, 4) is 0 Å². The maximum absolute atomic E-state index is 13.1. The molecular weight excluding hydrogens is 253 g/mol. The Morgan fingerprint density at radius 1 is 1.32 bits per heavy atom. The molecule has 1 aromatic heterocycles. The molecular formula is C14H15F3N2. The molecule has 2 nitrogen and oxygen atoms in total. The second-order valence-corrected chi connectivity index (χ2v) is 5.13. The Morgan fingerprint density at radius 3 is 2.68 bits per heavy atom. The van der Waals surface area contributed by atoms with E-state index in [1.807, 2.05) is 13.0 Å². The van der Waals surface area contributed by atoms with Crippen LogP contribution in [0.3, 0.4) is 0 Å². The van der Waals surface area contributed by atoms with Gasteiger partial charge in [0.25, 0.3) is 0 Å². The first kappa shape index (κ1) is 12.5. The third-order valence-corrected chi connectivity index (χ3v) is 3.58. The summed E-state index contributed by atoms with van der Waals surface area (Å²) in [5.41, 5.74) is 1.13. The molecule has 0 saturated heterocycles. The largest absolute Gasteiger partial charge is 0.431 e. The van der Waals surface area contributed by atoms with Gasteiger partial charge in [-0.25, -0.2) is 0 Å². The van der Waals surface area contributed by atoms with Gasteiger partial charge in [0.15, 0.2) is 0 Å². The van der Waals surface area contributed by atoms with Gasteiger partial charge in [0.05, 0.1) is 0 Å². The van der Waals surface area contributed by atoms with Gasteiger partial charge in [-0.05, 0) is 25.3 Å². The second-order valence-electron chi connectivity index (χ2n) is 5.13. The molecule has 102 valence electrons. The van der Waals surface area contributed by atoms with Gasteiger partial charge >= 0.3 is 6.18 Å². The highest BCUT2D eigenvalue weighted by molar-refractivity contribution is 5.87. The Morgan fingerprint density at radius 2 is 2.05 bits per heavy atom. The van der Waals surface area contributed by atoms with E-state index < -0.39 is 11.9 Å². The molecule has 1 heterocycles. The molecule has 1 aliphatic rings. The van der Waals surface area contributed by atoms with Crippen LogP contribution in [-0.4, -0.2) is 11.0 Å². The summed E-state index contributed by atoms with van der Waals surface area (Å²) >= 11 is 0. The zero-order chi connectivity index (χ0) is 13.6. The number of rotatable bonds is 3. The van der Waals surface area contributed by atoms with Crippen molar-refractivity contribution in [3.05, 3.63) is 35.0 Å². The van der Waals surface area contributed by atoms with Crippen LogP contribution >= 0.6 is 0 Å². The molecule has 0 atom stereocenters.